The highest BCUT2D eigenvalue weighted by atomic mass is 35.5. The lowest BCUT2D eigenvalue weighted by molar-refractivity contribution is -0.132. The SMILES string of the molecule is CCOc1ccc(Cl)cc1CN(C)C(=O)C[C@H]1CN(C)CCN1C. The molecule has 0 radical (unpaired) electrons. The molecule has 0 aliphatic carbocycles. The van der Waals surface area contributed by atoms with Crippen LogP contribution in [0.4, 0.5) is 0 Å². The molecule has 0 saturated carbocycles. The molecule has 0 unspecified atom stereocenters. The smallest absolute Gasteiger partial charge is 0.224 e. The summed E-state index contributed by atoms with van der Waals surface area (Å²) in [6.45, 7) is 6.02. The van der Waals surface area contributed by atoms with Crippen LogP contribution in [-0.2, 0) is 11.3 Å². The van der Waals surface area contributed by atoms with Gasteiger partial charge in [0, 0.05) is 56.3 Å². The fourth-order valence-corrected chi connectivity index (χ4v) is 3.19. The highest BCUT2D eigenvalue weighted by molar-refractivity contribution is 6.30. The predicted molar refractivity (Wildman–Crippen MR) is 97.6 cm³/mol. The van der Waals surface area contributed by atoms with Crippen molar-refractivity contribution in [2.45, 2.75) is 25.9 Å². The number of benzene rings is 1. The Bertz CT molecular complexity index is 567. The number of carbonyl (C=O) groups excluding carboxylic acids is 1. The maximum atomic E-state index is 12.6. The predicted octanol–water partition coefficient (Wildman–Crippen LogP) is 2.33. The van der Waals surface area contributed by atoms with Crippen molar-refractivity contribution in [3.8, 4) is 5.75 Å². The van der Waals surface area contributed by atoms with Crippen LogP contribution < -0.4 is 4.74 Å². The van der Waals surface area contributed by atoms with Gasteiger partial charge in [-0.1, -0.05) is 11.6 Å². The first-order chi connectivity index (χ1) is 11.4. The number of nitrogens with zero attached hydrogens (tertiary/aromatic N) is 3. The Labute approximate surface area is 150 Å². The van der Waals surface area contributed by atoms with Gasteiger partial charge in [-0.15, -0.1) is 0 Å². The summed E-state index contributed by atoms with van der Waals surface area (Å²) in [7, 11) is 6.04. The van der Waals surface area contributed by atoms with Crippen LogP contribution in [0.3, 0.4) is 0 Å². The highest BCUT2D eigenvalue weighted by Crippen LogP contribution is 2.24. The summed E-state index contributed by atoms with van der Waals surface area (Å²) in [5.74, 6) is 0.931. The lowest BCUT2D eigenvalue weighted by Crippen LogP contribution is -2.51. The largest absolute Gasteiger partial charge is 0.494 e. The minimum Gasteiger partial charge on any atom is -0.494 e. The summed E-state index contributed by atoms with van der Waals surface area (Å²) in [5, 5.41) is 0.656. The molecular formula is C18H28ClN3O2. The van der Waals surface area contributed by atoms with Crippen LogP contribution in [-0.4, -0.2) is 74.0 Å². The zero-order chi connectivity index (χ0) is 17.7. The number of piperazine rings is 1. The number of ether oxygens (including phenoxy) is 1. The molecule has 1 aromatic rings. The van der Waals surface area contributed by atoms with Crippen LogP contribution in [0.5, 0.6) is 5.75 Å². The van der Waals surface area contributed by atoms with Crippen molar-refractivity contribution in [2.75, 3.05) is 47.4 Å². The van der Waals surface area contributed by atoms with Gasteiger partial charge in [0.2, 0.25) is 5.91 Å². The normalized spacial score (nSPS) is 19.3. The van der Waals surface area contributed by atoms with Gasteiger partial charge in [-0.2, -0.15) is 0 Å². The minimum atomic E-state index is 0.143. The molecule has 1 aromatic carbocycles. The van der Waals surface area contributed by atoms with Gasteiger partial charge in [-0.25, -0.2) is 0 Å². The van der Waals surface area contributed by atoms with Gasteiger partial charge in [0.25, 0.3) is 0 Å². The van der Waals surface area contributed by atoms with Gasteiger partial charge in [0.15, 0.2) is 0 Å². The molecular weight excluding hydrogens is 326 g/mol. The average molecular weight is 354 g/mol. The quantitative estimate of drug-likeness (QED) is 0.786. The van der Waals surface area contributed by atoms with Crippen LogP contribution in [0.2, 0.25) is 5.02 Å². The number of amides is 1. The fraction of sp³-hybridized carbons (Fsp3) is 0.611. The summed E-state index contributed by atoms with van der Waals surface area (Å²) in [5.41, 5.74) is 0.939. The van der Waals surface area contributed by atoms with Gasteiger partial charge < -0.3 is 19.4 Å². The third-order valence-electron chi connectivity index (χ3n) is 4.55. The molecule has 0 aromatic heterocycles. The van der Waals surface area contributed by atoms with Crippen molar-refractivity contribution in [3.05, 3.63) is 28.8 Å². The van der Waals surface area contributed by atoms with Crippen molar-refractivity contribution in [2.24, 2.45) is 0 Å². The molecule has 24 heavy (non-hydrogen) atoms. The van der Waals surface area contributed by atoms with E-state index in [0.29, 0.717) is 24.6 Å². The molecule has 1 atom stereocenters. The molecule has 1 aliphatic rings. The maximum Gasteiger partial charge on any atom is 0.224 e. The van der Waals surface area contributed by atoms with Crippen molar-refractivity contribution in [3.63, 3.8) is 0 Å². The maximum absolute atomic E-state index is 12.6. The minimum absolute atomic E-state index is 0.143. The van der Waals surface area contributed by atoms with E-state index in [4.69, 9.17) is 16.3 Å². The molecule has 1 aliphatic heterocycles. The van der Waals surface area contributed by atoms with Crippen molar-refractivity contribution < 1.29 is 9.53 Å². The molecule has 0 bridgehead atoms. The average Bonchev–Trinajstić information content (AvgIpc) is 2.53. The zero-order valence-corrected chi connectivity index (χ0v) is 15.8. The number of halogens is 1. The number of hydrogen-bond donors (Lipinski definition) is 0. The van der Waals surface area contributed by atoms with Crippen LogP contribution in [0.25, 0.3) is 0 Å². The molecule has 1 saturated heterocycles. The second-order valence-electron chi connectivity index (χ2n) is 6.54. The van der Waals surface area contributed by atoms with Crippen molar-refractivity contribution >= 4 is 17.5 Å². The Hall–Kier alpha value is -1.30. The van der Waals surface area contributed by atoms with Gasteiger partial charge in [-0.05, 0) is 39.2 Å². The van der Waals surface area contributed by atoms with E-state index in [0.717, 1.165) is 30.9 Å². The van der Waals surface area contributed by atoms with Crippen LogP contribution in [0, 0.1) is 0 Å². The zero-order valence-electron chi connectivity index (χ0n) is 15.1. The summed E-state index contributed by atoms with van der Waals surface area (Å²) >= 11 is 6.10. The Balaban J connectivity index is 2.00. The summed E-state index contributed by atoms with van der Waals surface area (Å²) in [6.07, 6.45) is 0.530. The van der Waals surface area contributed by atoms with E-state index in [2.05, 4.69) is 23.9 Å². The van der Waals surface area contributed by atoms with E-state index >= 15 is 0 Å². The highest BCUT2D eigenvalue weighted by Gasteiger charge is 2.26. The summed E-state index contributed by atoms with van der Waals surface area (Å²) in [4.78, 5) is 18.9. The Morgan fingerprint density at radius 2 is 2.12 bits per heavy atom. The Kier molecular flexibility index (Phi) is 6.90. The van der Waals surface area contributed by atoms with Crippen molar-refractivity contribution in [1.29, 1.82) is 0 Å². The Morgan fingerprint density at radius 1 is 1.38 bits per heavy atom. The lowest BCUT2D eigenvalue weighted by atomic mass is 10.1. The van der Waals surface area contributed by atoms with Gasteiger partial charge in [0.05, 0.1) is 6.61 Å². The van der Waals surface area contributed by atoms with E-state index in [-0.39, 0.29) is 11.9 Å². The van der Waals surface area contributed by atoms with Crippen LogP contribution in [0.1, 0.15) is 18.9 Å². The first-order valence-electron chi connectivity index (χ1n) is 8.44. The molecule has 1 amide bonds. The summed E-state index contributed by atoms with van der Waals surface area (Å²) < 4.78 is 5.64. The molecule has 5 nitrogen and oxygen atoms in total. The fourth-order valence-electron chi connectivity index (χ4n) is 2.99. The van der Waals surface area contributed by atoms with E-state index in [1.54, 1.807) is 4.90 Å². The van der Waals surface area contributed by atoms with E-state index in [1.807, 2.05) is 32.2 Å². The second-order valence-corrected chi connectivity index (χ2v) is 6.97. The van der Waals surface area contributed by atoms with Crippen LogP contribution in [0.15, 0.2) is 18.2 Å². The lowest BCUT2D eigenvalue weighted by Gasteiger charge is -2.38. The van der Waals surface area contributed by atoms with Gasteiger partial charge in [-0.3, -0.25) is 4.79 Å². The number of hydrogen-bond acceptors (Lipinski definition) is 4. The van der Waals surface area contributed by atoms with E-state index in [9.17, 15) is 4.79 Å². The second kappa shape index (κ2) is 8.70. The van der Waals surface area contributed by atoms with E-state index < -0.39 is 0 Å². The van der Waals surface area contributed by atoms with E-state index in [1.165, 1.54) is 0 Å². The van der Waals surface area contributed by atoms with Crippen molar-refractivity contribution in [1.82, 2.24) is 14.7 Å². The monoisotopic (exact) mass is 353 g/mol. The first kappa shape index (κ1) is 19.0. The van der Waals surface area contributed by atoms with Gasteiger partial charge in [0.1, 0.15) is 5.75 Å². The third kappa shape index (κ3) is 5.10. The molecule has 0 spiro atoms. The number of rotatable bonds is 6. The molecule has 1 fully saturated rings. The standard InChI is InChI=1S/C18H28ClN3O2/c1-5-24-17-7-6-15(19)10-14(17)12-22(4)18(23)11-16-13-20(2)8-9-21(16)3/h6-7,10,16H,5,8-9,11-13H2,1-4H3/t16-/m0/s1. The Morgan fingerprint density at radius 3 is 2.83 bits per heavy atom. The summed E-state index contributed by atoms with van der Waals surface area (Å²) in [6, 6.07) is 5.81. The molecule has 134 valence electrons. The molecule has 2 rings (SSSR count). The van der Waals surface area contributed by atoms with Gasteiger partial charge >= 0.3 is 0 Å². The topological polar surface area (TPSA) is 36.0 Å². The molecule has 0 N–H and O–H groups in total. The number of carbonyl (C=O) groups is 1. The first-order valence-corrected chi connectivity index (χ1v) is 8.82. The molecule has 1 heterocycles. The van der Waals surface area contributed by atoms with Crippen LogP contribution >= 0.6 is 11.6 Å². The number of likely N-dealkylation sites (N-methyl/N-ethyl adjacent to an activating group) is 2. The molecule has 6 heteroatoms. The third-order valence-corrected chi connectivity index (χ3v) is 4.78.